The molecule has 0 aliphatic carbocycles. The lowest BCUT2D eigenvalue weighted by atomic mass is 10.2. The van der Waals surface area contributed by atoms with E-state index in [-0.39, 0.29) is 0 Å². The first-order valence-electron chi connectivity index (χ1n) is 8.94. The lowest BCUT2D eigenvalue weighted by Gasteiger charge is -2.10. The fourth-order valence-electron chi connectivity index (χ4n) is 2.37. The highest BCUT2D eigenvalue weighted by molar-refractivity contribution is 7.11. The lowest BCUT2D eigenvalue weighted by Crippen LogP contribution is -2.38. The van der Waals surface area contributed by atoms with Crippen LogP contribution in [0, 0.1) is 20.8 Å². The largest absolute Gasteiger partial charge is 0.357 e. The van der Waals surface area contributed by atoms with Crippen molar-refractivity contribution in [3.05, 3.63) is 31.7 Å². The summed E-state index contributed by atoms with van der Waals surface area (Å²) < 4.78 is 0. The molecule has 0 atom stereocenters. The van der Waals surface area contributed by atoms with E-state index in [4.69, 9.17) is 0 Å². The van der Waals surface area contributed by atoms with E-state index in [0.717, 1.165) is 62.7 Å². The van der Waals surface area contributed by atoms with Crippen LogP contribution in [0.25, 0.3) is 0 Å². The fourth-order valence-corrected chi connectivity index (χ4v) is 4.12. The van der Waals surface area contributed by atoms with Crippen molar-refractivity contribution >= 4 is 28.6 Å². The van der Waals surface area contributed by atoms with Gasteiger partial charge >= 0.3 is 0 Å². The first-order chi connectivity index (χ1) is 12.1. The van der Waals surface area contributed by atoms with Crippen LogP contribution in [0.5, 0.6) is 0 Å². The zero-order chi connectivity index (χ0) is 18.1. The number of aryl methyl sites for hydroxylation is 4. The van der Waals surface area contributed by atoms with Gasteiger partial charge in [-0.05, 0) is 47.0 Å². The van der Waals surface area contributed by atoms with Gasteiger partial charge < -0.3 is 10.6 Å². The van der Waals surface area contributed by atoms with E-state index in [1.807, 2.05) is 6.92 Å². The highest BCUT2D eigenvalue weighted by Crippen LogP contribution is 2.16. The van der Waals surface area contributed by atoms with Crippen LogP contribution in [0.15, 0.2) is 10.4 Å². The van der Waals surface area contributed by atoms with Crippen LogP contribution < -0.4 is 10.6 Å². The van der Waals surface area contributed by atoms with E-state index in [2.05, 4.69) is 51.7 Å². The van der Waals surface area contributed by atoms with Crippen molar-refractivity contribution in [2.75, 3.05) is 19.6 Å². The molecule has 25 heavy (non-hydrogen) atoms. The zero-order valence-electron chi connectivity index (χ0n) is 15.7. The predicted molar refractivity (Wildman–Crippen MR) is 109 cm³/mol. The minimum Gasteiger partial charge on any atom is -0.357 e. The Hall–Kier alpha value is -1.47. The van der Waals surface area contributed by atoms with Crippen LogP contribution in [0.3, 0.4) is 0 Å². The van der Waals surface area contributed by atoms with Gasteiger partial charge in [-0.15, -0.1) is 22.7 Å². The maximum Gasteiger partial charge on any atom is 0.191 e. The molecule has 0 spiro atoms. The number of hydrogen-bond donors (Lipinski definition) is 2. The van der Waals surface area contributed by atoms with Gasteiger partial charge in [0.1, 0.15) is 0 Å². The van der Waals surface area contributed by atoms with Gasteiger partial charge in [0, 0.05) is 42.0 Å². The van der Waals surface area contributed by atoms with Gasteiger partial charge in [-0.1, -0.05) is 0 Å². The Morgan fingerprint density at radius 1 is 1.08 bits per heavy atom. The minimum absolute atomic E-state index is 0.842. The first-order valence-corrected chi connectivity index (χ1v) is 10.6. The topological polar surface area (TPSA) is 62.2 Å². The molecule has 0 aliphatic heterocycles. The smallest absolute Gasteiger partial charge is 0.191 e. The third-order valence-corrected chi connectivity index (χ3v) is 5.94. The molecule has 0 bridgehead atoms. The number of nitrogens with zero attached hydrogens (tertiary/aromatic N) is 3. The number of unbranched alkanes of at least 4 members (excludes halogenated alkanes) is 1. The van der Waals surface area contributed by atoms with E-state index in [1.54, 1.807) is 22.7 Å². The quantitative estimate of drug-likeness (QED) is 0.397. The maximum absolute atomic E-state index is 4.66. The van der Waals surface area contributed by atoms with Gasteiger partial charge in [0.05, 0.1) is 15.7 Å². The molecule has 0 aliphatic rings. The molecule has 2 N–H and O–H groups in total. The Morgan fingerprint density at radius 3 is 2.56 bits per heavy atom. The molecule has 0 fully saturated rings. The molecule has 2 aromatic rings. The third kappa shape index (κ3) is 7.12. The molecule has 2 heterocycles. The molecule has 0 saturated carbocycles. The standard InChI is InChI=1S/C18H29N5S2/c1-5-19-18(21-11-9-17-23-14(3)15(4)25-17)20-10-7-6-8-16-22-13(2)12-24-16/h12H,5-11H2,1-4H3,(H2,19,20,21). The van der Waals surface area contributed by atoms with E-state index >= 15 is 0 Å². The molecule has 0 saturated heterocycles. The van der Waals surface area contributed by atoms with E-state index in [1.165, 1.54) is 14.9 Å². The minimum atomic E-state index is 0.842. The van der Waals surface area contributed by atoms with Crippen LogP contribution in [-0.2, 0) is 12.8 Å². The van der Waals surface area contributed by atoms with Crippen molar-refractivity contribution in [1.82, 2.24) is 20.6 Å². The first kappa shape index (κ1) is 19.8. The summed E-state index contributed by atoms with van der Waals surface area (Å²) in [5, 5.41) is 11.3. The second-order valence-electron chi connectivity index (χ2n) is 6.03. The number of rotatable bonds is 9. The monoisotopic (exact) mass is 379 g/mol. The summed E-state index contributed by atoms with van der Waals surface area (Å²) in [5.74, 6) is 0.901. The summed E-state index contributed by atoms with van der Waals surface area (Å²) in [6.07, 6.45) is 4.21. The molecule has 5 nitrogen and oxygen atoms in total. The molecular formula is C18H29N5S2. The van der Waals surface area contributed by atoms with E-state index in [0.29, 0.717) is 0 Å². The molecule has 0 unspecified atom stereocenters. The van der Waals surface area contributed by atoms with Crippen LogP contribution >= 0.6 is 22.7 Å². The van der Waals surface area contributed by atoms with Crippen molar-refractivity contribution in [3.63, 3.8) is 0 Å². The van der Waals surface area contributed by atoms with Gasteiger partial charge in [0.15, 0.2) is 5.96 Å². The average Bonchev–Trinajstić information content (AvgIpc) is 3.12. The van der Waals surface area contributed by atoms with Crippen molar-refractivity contribution in [1.29, 1.82) is 0 Å². The van der Waals surface area contributed by atoms with E-state index in [9.17, 15) is 0 Å². The Bertz CT molecular complexity index is 655. The molecule has 7 heteroatoms. The number of aromatic nitrogens is 2. The summed E-state index contributed by atoms with van der Waals surface area (Å²) in [4.78, 5) is 15.1. The summed E-state index contributed by atoms with van der Waals surface area (Å²) in [6.45, 7) is 10.9. The highest BCUT2D eigenvalue weighted by Gasteiger charge is 2.04. The van der Waals surface area contributed by atoms with Gasteiger partial charge in [-0.2, -0.15) is 0 Å². The molecule has 0 amide bonds. The van der Waals surface area contributed by atoms with E-state index < -0.39 is 0 Å². The number of aliphatic imine (C=N–C) groups is 1. The van der Waals surface area contributed by atoms with Gasteiger partial charge in [0.25, 0.3) is 0 Å². The van der Waals surface area contributed by atoms with Gasteiger partial charge in [0.2, 0.25) is 0 Å². The zero-order valence-corrected chi connectivity index (χ0v) is 17.3. The predicted octanol–water partition coefficient (Wildman–Crippen LogP) is 3.65. The normalized spacial score (nSPS) is 11.8. The van der Waals surface area contributed by atoms with Gasteiger partial charge in [-0.25, -0.2) is 9.97 Å². The Morgan fingerprint density at radius 2 is 1.92 bits per heavy atom. The average molecular weight is 380 g/mol. The second-order valence-corrected chi connectivity index (χ2v) is 8.26. The Labute approximate surface area is 159 Å². The molecule has 2 aromatic heterocycles. The number of hydrogen-bond acceptors (Lipinski definition) is 5. The Kier molecular flexibility index (Phi) is 8.34. The summed E-state index contributed by atoms with van der Waals surface area (Å²) >= 11 is 3.54. The number of thiazole rings is 2. The lowest BCUT2D eigenvalue weighted by molar-refractivity contribution is 0.727. The van der Waals surface area contributed by atoms with Crippen LogP contribution in [-0.4, -0.2) is 35.6 Å². The van der Waals surface area contributed by atoms with Crippen molar-refractivity contribution < 1.29 is 0 Å². The van der Waals surface area contributed by atoms with Crippen molar-refractivity contribution in [2.45, 2.75) is 53.4 Å². The SMILES string of the molecule is CCNC(=NCCCCc1nc(C)cs1)NCCc1nc(C)c(C)s1. The summed E-state index contributed by atoms with van der Waals surface area (Å²) in [6, 6.07) is 0. The molecular weight excluding hydrogens is 350 g/mol. The van der Waals surface area contributed by atoms with Crippen LogP contribution in [0.4, 0.5) is 0 Å². The van der Waals surface area contributed by atoms with Crippen LogP contribution in [0.1, 0.15) is 46.0 Å². The molecule has 2 rings (SSSR count). The second kappa shape index (κ2) is 10.5. The molecule has 0 radical (unpaired) electrons. The summed E-state index contributed by atoms with van der Waals surface area (Å²) in [5.41, 5.74) is 2.28. The third-order valence-electron chi connectivity index (χ3n) is 3.78. The van der Waals surface area contributed by atoms with Crippen LogP contribution in [0.2, 0.25) is 0 Å². The fraction of sp³-hybridized carbons (Fsp3) is 0.611. The summed E-state index contributed by atoms with van der Waals surface area (Å²) in [7, 11) is 0. The van der Waals surface area contributed by atoms with Crippen molar-refractivity contribution in [2.24, 2.45) is 4.99 Å². The van der Waals surface area contributed by atoms with Crippen molar-refractivity contribution in [3.8, 4) is 0 Å². The van der Waals surface area contributed by atoms with Gasteiger partial charge in [-0.3, -0.25) is 4.99 Å². The Balaban J connectivity index is 1.68. The highest BCUT2D eigenvalue weighted by atomic mass is 32.1. The molecule has 0 aromatic carbocycles. The maximum atomic E-state index is 4.66. The number of nitrogens with one attached hydrogen (secondary N) is 2. The number of guanidine groups is 1. The molecule has 138 valence electrons.